The molecule has 1 aromatic carbocycles. The maximum atomic E-state index is 5.81. The van der Waals surface area contributed by atoms with E-state index >= 15 is 0 Å². The summed E-state index contributed by atoms with van der Waals surface area (Å²) >= 11 is 3.54. The number of nitrogens with one attached hydrogen (secondary N) is 1. The van der Waals surface area contributed by atoms with E-state index in [2.05, 4.69) is 26.1 Å². The first kappa shape index (κ1) is 12.3. The number of rotatable bonds is 1. The Balaban J connectivity index is 2.17. The minimum absolute atomic E-state index is 0.470. The first-order valence-corrected chi connectivity index (χ1v) is 6.86. The van der Waals surface area contributed by atoms with E-state index in [1.54, 1.807) is 6.07 Å². The molecule has 0 radical (unpaired) electrons. The third-order valence-electron chi connectivity index (χ3n) is 3.11. The zero-order chi connectivity index (χ0) is 13.4. The summed E-state index contributed by atoms with van der Waals surface area (Å²) in [6.45, 7) is 3.34. The minimum Gasteiger partial charge on any atom is -0.489 e. The SMILES string of the molecule is Cc1c(-c2cc(N)n[nH]2)cc(Br)c2c1OCCCO2. The van der Waals surface area contributed by atoms with Crippen LogP contribution in [0.5, 0.6) is 11.5 Å². The van der Waals surface area contributed by atoms with Gasteiger partial charge in [0.2, 0.25) is 0 Å². The van der Waals surface area contributed by atoms with Gasteiger partial charge in [-0.15, -0.1) is 0 Å². The van der Waals surface area contributed by atoms with Gasteiger partial charge in [0, 0.05) is 23.6 Å². The van der Waals surface area contributed by atoms with Gasteiger partial charge < -0.3 is 15.2 Å². The molecular weight excluding hydrogens is 310 g/mol. The molecule has 3 N–H and O–H groups in total. The van der Waals surface area contributed by atoms with Crippen LogP contribution in [0.2, 0.25) is 0 Å². The van der Waals surface area contributed by atoms with Crippen molar-refractivity contribution < 1.29 is 9.47 Å². The Bertz CT molecular complexity index is 625. The lowest BCUT2D eigenvalue weighted by Gasteiger charge is -2.15. The van der Waals surface area contributed by atoms with Crippen molar-refractivity contribution in [3.05, 3.63) is 22.2 Å². The highest BCUT2D eigenvalue weighted by molar-refractivity contribution is 9.10. The van der Waals surface area contributed by atoms with E-state index < -0.39 is 0 Å². The number of nitrogens with two attached hydrogens (primary N) is 1. The molecule has 1 aromatic heterocycles. The standard InChI is InChI=1S/C13H14BrN3O2/c1-7-8(10-6-11(15)17-16-10)5-9(14)13-12(7)18-3-2-4-19-13/h5-6H,2-4H2,1H3,(H3,15,16,17). The zero-order valence-electron chi connectivity index (χ0n) is 10.5. The van der Waals surface area contributed by atoms with Crippen LogP contribution in [0, 0.1) is 6.92 Å². The van der Waals surface area contributed by atoms with Crippen LogP contribution in [0.3, 0.4) is 0 Å². The Kier molecular flexibility index (Phi) is 3.10. The lowest BCUT2D eigenvalue weighted by molar-refractivity contribution is 0.296. The van der Waals surface area contributed by atoms with Crippen LogP contribution < -0.4 is 15.2 Å². The number of nitrogens with zero attached hydrogens (tertiary/aromatic N) is 1. The van der Waals surface area contributed by atoms with Gasteiger partial charge in [-0.25, -0.2) is 0 Å². The van der Waals surface area contributed by atoms with Crippen molar-refractivity contribution >= 4 is 21.7 Å². The van der Waals surface area contributed by atoms with Gasteiger partial charge in [-0.2, -0.15) is 5.10 Å². The predicted octanol–water partition coefficient (Wildman–Crippen LogP) is 2.89. The Labute approximate surface area is 119 Å². The highest BCUT2D eigenvalue weighted by Crippen LogP contribution is 2.44. The van der Waals surface area contributed by atoms with Crippen LogP contribution >= 0.6 is 15.9 Å². The molecule has 0 unspecified atom stereocenters. The summed E-state index contributed by atoms with van der Waals surface area (Å²) in [6, 6.07) is 3.80. The topological polar surface area (TPSA) is 73.2 Å². The van der Waals surface area contributed by atoms with Gasteiger partial charge in [-0.1, -0.05) is 0 Å². The first-order valence-electron chi connectivity index (χ1n) is 6.07. The van der Waals surface area contributed by atoms with Crippen molar-refractivity contribution in [3.8, 4) is 22.8 Å². The van der Waals surface area contributed by atoms with Gasteiger partial charge in [0.05, 0.1) is 23.4 Å². The summed E-state index contributed by atoms with van der Waals surface area (Å²) < 4.78 is 12.4. The second-order valence-corrected chi connectivity index (χ2v) is 5.30. The van der Waals surface area contributed by atoms with Crippen molar-refractivity contribution in [3.63, 3.8) is 0 Å². The molecule has 6 heteroatoms. The lowest BCUT2D eigenvalue weighted by Crippen LogP contribution is -1.98. The number of nitrogen functional groups attached to an aromatic ring is 1. The molecule has 0 atom stereocenters. The average molecular weight is 324 g/mol. The van der Waals surface area contributed by atoms with E-state index in [4.69, 9.17) is 15.2 Å². The van der Waals surface area contributed by atoms with Crippen molar-refractivity contribution in [1.29, 1.82) is 0 Å². The molecule has 2 heterocycles. The van der Waals surface area contributed by atoms with Crippen LogP contribution in [-0.4, -0.2) is 23.4 Å². The molecular formula is C13H14BrN3O2. The summed E-state index contributed by atoms with van der Waals surface area (Å²) in [7, 11) is 0. The fourth-order valence-electron chi connectivity index (χ4n) is 2.17. The van der Waals surface area contributed by atoms with Crippen LogP contribution in [-0.2, 0) is 0 Å². The Morgan fingerprint density at radius 1 is 1.26 bits per heavy atom. The number of H-pyrrole nitrogens is 1. The Morgan fingerprint density at radius 3 is 2.68 bits per heavy atom. The summed E-state index contributed by atoms with van der Waals surface area (Å²) in [4.78, 5) is 0. The fraction of sp³-hybridized carbons (Fsp3) is 0.308. The Hall–Kier alpha value is -1.69. The molecule has 1 aliphatic rings. The molecule has 0 bridgehead atoms. The molecule has 100 valence electrons. The number of halogens is 1. The van der Waals surface area contributed by atoms with E-state index in [0.717, 1.165) is 39.2 Å². The van der Waals surface area contributed by atoms with Crippen molar-refractivity contribution in [2.45, 2.75) is 13.3 Å². The fourth-order valence-corrected chi connectivity index (χ4v) is 2.70. The number of ether oxygens (including phenoxy) is 2. The maximum absolute atomic E-state index is 5.81. The average Bonchev–Trinajstić information content (AvgIpc) is 2.66. The third-order valence-corrected chi connectivity index (χ3v) is 3.70. The highest BCUT2D eigenvalue weighted by Gasteiger charge is 2.20. The molecule has 19 heavy (non-hydrogen) atoms. The molecule has 3 rings (SSSR count). The van der Waals surface area contributed by atoms with Crippen LogP contribution in [0.15, 0.2) is 16.6 Å². The normalized spacial score (nSPS) is 14.2. The van der Waals surface area contributed by atoms with Crippen molar-refractivity contribution in [2.75, 3.05) is 18.9 Å². The summed E-state index contributed by atoms with van der Waals surface area (Å²) in [6.07, 6.45) is 0.882. The molecule has 0 saturated carbocycles. The number of hydrogen-bond donors (Lipinski definition) is 2. The van der Waals surface area contributed by atoms with Gasteiger partial charge in [0.15, 0.2) is 11.5 Å². The smallest absolute Gasteiger partial charge is 0.175 e. The van der Waals surface area contributed by atoms with E-state index in [0.29, 0.717) is 19.0 Å². The quantitative estimate of drug-likeness (QED) is 0.846. The zero-order valence-corrected chi connectivity index (χ0v) is 12.1. The number of aromatic amines is 1. The number of fused-ring (bicyclic) bond motifs is 1. The summed E-state index contributed by atoms with van der Waals surface area (Å²) in [5.74, 6) is 2.03. The van der Waals surface area contributed by atoms with Gasteiger partial charge in [0.1, 0.15) is 5.82 Å². The third kappa shape index (κ3) is 2.16. The number of aromatic nitrogens is 2. The van der Waals surface area contributed by atoms with E-state index in [1.165, 1.54) is 0 Å². The van der Waals surface area contributed by atoms with Gasteiger partial charge >= 0.3 is 0 Å². The van der Waals surface area contributed by atoms with E-state index in [1.807, 2.05) is 13.0 Å². The number of hydrogen-bond acceptors (Lipinski definition) is 4. The first-order chi connectivity index (χ1) is 9.16. The van der Waals surface area contributed by atoms with Crippen LogP contribution in [0.1, 0.15) is 12.0 Å². The van der Waals surface area contributed by atoms with Gasteiger partial charge in [-0.3, -0.25) is 5.10 Å². The summed E-state index contributed by atoms with van der Waals surface area (Å²) in [5, 5.41) is 6.88. The molecule has 0 aliphatic carbocycles. The molecule has 0 saturated heterocycles. The van der Waals surface area contributed by atoms with Crippen LogP contribution in [0.25, 0.3) is 11.3 Å². The molecule has 2 aromatic rings. The summed E-state index contributed by atoms with van der Waals surface area (Å²) in [5.41, 5.74) is 8.54. The highest BCUT2D eigenvalue weighted by atomic mass is 79.9. The molecule has 5 nitrogen and oxygen atoms in total. The van der Waals surface area contributed by atoms with Gasteiger partial charge in [0.25, 0.3) is 0 Å². The van der Waals surface area contributed by atoms with Crippen molar-refractivity contribution in [1.82, 2.24) is 10.2 Å². The van der Waals surface area contributed by atoms with Gasteiger partial charge in [-0.05, 0) is 28.9 Å². The molecule has 0 amide bonds. The van der Waals surface area contributed by atoms with Crippen molar-refractivity contribution in [2.24, 2.45) is 0 Å². The molecule has 1 aliphatic heterocycles. The monoisotopic (exact) mass is 323 g/mol. The molecule has 0 fully saturated rings. The van der Waals surface area contributed by atoms with E-state index in [-0.39, 0.29) is 0 Å². The lowest BCUT2D eigenvalue weighted by atomic mass is 10.0. The molecule has 0 spiro atoms. The minimum atomic E-state index is 0.470. The second kappa shape index (κ2) is 4.77. The van der Waals surface area contributed by atoms with E-state index in [9.17, 15) is 0 Å². The van der Waals surface area contributed by atoms with Crippen LogP contribution in [0.4, 0.5) is 5.82 Å². The number of anilines is 1. The second-order valence-electron chi connectivity index (χ2n) is 4.45. The number of benzene rings is 1. The maximum Gasteiger partial charge on any atom is 0.175 e. The Morgan fingerprint density at radius 2 is 2.00 bits per heavy atom. The predicted molar refractivity (Wildman–Crippen MR) is 76.5 cm³/mol. The largest absolute Gasteiger partial charge is 0.489 e.